The first kappa shape index (κ1) is 8.87. The minimum absolute atomic E-state index is 0.226. The molecule has 0 aromatic heterocycles. The van der Waals surface area contributed by atoms with E-state index in [2.05, 4.69) is 5.16 Å². The Morgan fingerprint density at radius 2 is 2.43 bits per heavy atom. The van der Waals surface area contributed by atoms with Crippen LogP contribution in [0.5, 0.6) is 5.75 Å². The summed E-state index contributed by atoms with van der Waals surface area (Å²) in [5.74, 6) is 1.18. The minimum atomic E-state index is 0.226. The largest absolute Gasteiger partial charge is 0.493 e. The second kappa shape index (κ2) is 3.57. The second-order valence-corrected chi connectivity index (χ2v) is 3.31. The van der Waals surface area contributed by atoms with Gasteiger partial charge in [-0.2, -0.15) is 0 Å². The molecule has 4 heteroatoms. The van der Waals surface area contributed by atoms with E-state index < -0.39 is 0 Å². The predicted molar refractivity (Wildman–Crippen MR) is 52.8 cm³/mol. The Morgan fingerprint density at radius 3 is 3.21 bits per heavy atom. The summed E-state index contributed by atoms with van der Waals surface area (Å²) < 4.78 is 5.37. The fraction of sp³-hybridized carbons (Fsp3) is 0.300. The number of ether oxygens (including phenoxy) is 1. The molecule has 0 amide bonds. The summed E-state index contributed by atoms with van der Waals surface area (Å²) in [5, 5.41) is 11.4. The van der Waals surface area contributed by atoms with Crippen LogP contribution in [0.25, 0.3) is 0 Å². The number of nitrogens with two attached hydrogens (primary N) is 1. The van der Waals surface area contributed by atoms with Crippen LogP contribution < -0.4 is 10.5 Å². The van der Waals surface area contributed by atoms with E-state index in [0.29, 0.717) is 6.42 Å². The Balaban J connectivity index is 2.21. The third-order valence-corrected chi connectivity index (χ3v) is 2.27. The van der Waals surface area contributed by atoms with Crippen LogP contribution >= 0.6 is 0 Å². The fourth-order valence-electron chi connectivity index (χ4n) is 1.59. The summed E-state index contributed by atoms with van der Waals surface area (Å²) in [6.45, 7) is 0.752. The molecular formula is C10H12N2O2. The van der Waals surface area contributed by atoms with Crippen molar-refractivity contribution in [1.82, 2.24) is 0 Å². The Bertz CT molecular complexity index is 374. The van der Waals surface area contributed by atoms with Crippen molar-refractivity contribution in [1.29, 1.82) is 0 Å². The molecular weight excluding hydrogens is 180 g/mol. The number of hydrogen-bond acceptors (Lipinski definition) is 3. The lowest BCUT2D eigenvalue weighted by Crippen LogP contribution is -2.14. The number of nitrogens with zero attached hydrogens (tertiary/aromatic N) is 1. The Morgan fingerprint density at radius 1 is 1.57 bits per heavy atom. The maximum atomic E-state index is 8.43. The molecule has 0 bridgehead atoms. The van der Waals surface area contributed by atoms with Gasteiger partial charge >= 0.3 is 0 Å². The van der Waals surface area contributed by atoms with Gasteiger partial charge < -0.3 is 15.7 Å². The van der Waals surface area contributed by atoms with Crippen LogP contribution in [0.2, 0.25) is 0 Å². The zero-order valence-corrected chi connectivity index (χ0v) is 7.73. The topological polar surface area (TPSA) is 67.8 Å². The molecule has 0 radical (unpaired) electrons. The monoisotopic (exact) mass is 192 g/mol. The molecule has 0 unspecified atom stereocenters. The summed E-state index contributed by atoms with van der Waals surface area (Å²) >= 11 is 0. The van der Waals surface area contributed by atoms with Gasteiger partial charge in [0, 0.05) is 12.8 Å². The van der Waals surface area contributed by atoms with Crippen LogP contribution in [-0.2, 0) is 12.8 Å². The lowest BCUT2D eigenvalue weighted by Gasteiger charge is -2.02. The van der Waals surface area contributed by atoms with Crippen molar-refractivity contribution in [2.75, 3.05) is 6.61 Å². The third-order valence-electron chi connectivity index (χ3n) is 2.27. The Hall–Kier alpha value is -1.71. The smallest absolute Gasteiger partial charge is 0.143 e. The number of amidine groups is 1. The van der Waals surface area contributed by atoms with Gasteiger partial charge in [0.25, 0.3) is 0 Å². The average molecular weight is 192 g/mol. The van der Waals surface area contributed by atoms with Crippen LogP contribution in [0.1, 0.15) is 11.1 Å². The number of fused-ring (bicyclic) bond motifs is 1. The van der Waals surface area contributed by atoms with Crippen molar-refractivity contribution < 1.29 is 9.94 Å². The van der Waals surface area contributed by atoms with Crippen LogP contribution in [0.15, 0.2) is 23.4 Å². The van der Waals surface area contributed by atoms with E-state index in [4.69, 9.17) is 15.7 Å². The van der Waals surface area contributed by atoms with E-state index in [1.807, 2.05) is 18.2 Å². The highest BCUT2D eigenvalue weighted by molar-refractivity contribution is 5.82. The molecule has 0 spiro atoms. The van der Waals surface area contributed by atoms with Gasteiger partial charge in [0.2, 0.25) is 0 Å². The highest BCUT2D eigenvalue weighted by Gasteiger charge is 2.12. The first-order valence-corrected chi connectivity index (χ1v) is 4.50. The van der Waals surface area contributed by atoms with Crippen LogP contribution in [0.3, 0.4) is 0 Å². The van der Waals surface area contributed by atoms with Crippen LogP contribution in [0, 0.1) is 0 Å². The number of hydrogen-bond donors (Lipinski definition) is 2. The SMILES string of the molecule is N/C(Cc1ccc2c(c1)CCO2)=N\O. The van der Waals surface area contributed by atoms with Gasteiger partial charge in [-0.15, -0.1) is 0 Å². The van der Waals surface area contributed by atoms with E-state index in [9.17, 15) is 0 Å². The van der Waals surface area contributed by atoms with Gasteiger partial charge in [-0.25, -0.2) is 0 Å². The standard InChI is InChI=1S/C10H12N2O2/c11-10(12-13)6-7-1-2-9-8(5-7)3-4-14-9/h1-2,5,13H,3-4,6H2,(H2,11,12). The summed E-state index contributed by atoms with van der Waals surface area (Å²) in [6, 6.07) is 5.91. The highest BCUT2D eigenvalue weighted by Crippen LogP contribution is 2.25. The first-order chi connectivity index (χ1) is 6.79. The van der Waals surface area contributed by atoms with E-state index in [-0.39, 0.29) is 5.84 Å². The molecule has 4 nitrogen and oxygen atoms in total. The van der Waals surface area contributed by atoms with Gasteiger partial charge in [0.1, 0.15) is 11.6 Å². The van der Waals surface area contributed by atoms with Gasteiger partial charge in [0.15, 0.2) is 0 Å². The van der Waals surface area contributed by atoms with Crippen molar-refractivity contribution in [3.63, 3.8) is 0 Å². The fourth-order valence-corrected chi connectivity index (χ4v) is 1.59. The van der Waals surface area contributed by atoms with Crippen LogP contribution in [0.4, 0.5) is 0 Å². The van der Waals surface area contributed by atoms with Crippen molar-refractivity contribution >= 4 is 5.84 Å². The zero-order valence-electron chi connectivity index (χ0n) is 7.73. The maximum Gasteiger partial charge on any atom is 0.143 e. The van der Waals surface area contributed by atoms with Gasteiger partial charge in [-0.05, 0) is 17.2 Å². The van der Waals surface area contributed by atoms with Gasteiger partial charge in [-0.3, -0.25) is 0 Å². The van der Waals surface area contributed by atoms with E-state index in [0.717, 1.165) is 24.3 Å². The van der Waals surface area contributed by atoms with Crippen molar-refractivity contribution in [3.8, 4) is 5.75 Å². The minimum Gasteiger partial charge on any atom is -0.493 e. The normalized spacial score (nSPS) is 15.0. The van der Waals surface area contributed by atoms with E-state index >= 15 is 0 Å². The maximum absolute atomic E-state index is 8.43. The third kappa shape index (κ3) is 1.64. The lowest BCUT2D eigenvalue weighted by molar-refractivity contribution is 0.317. The molecule has 1 aliphatic rings. The van der Waals surface area contributed by atoms with Crippen molar-refractivity contribution in [3.05, 3.63) is 29.3 Å². The van der Waals surface area contributed by atoms with E-state index in [1.165, 1.54) is 5.56 Å². The molecule has 74 valence electrons. The molecule has 2 rings (SSSR count). The average Bonchev–Trinajstić information content (AvgIpc) is 2.64. The number of benzene rings is 1. The molecule has 0 fully saturated rings. The summed E-state index contributed by atoms with van der Waals surface area (Å²) in [6.07, 6.45) is 1.42. The molecule has 1 aromatic carbocycles. The van der Waals surface area contributed by atoms with Crippen LogP contribution in [-0.4, -0.2) is 17.6 Å². The van der Waals surface area contributed by atoms with E-state index in [1.54, 1.807) is 0 Å². The zero-order chi connectivity index (χ0) is 9.97. The van der Waals surface area contributed by atoms with Crippen molar-refractivity contribution in [2.24, 2.45) is 10.9 Å². The predicted octanol–water partition coefficient (Wildman–Crippen LogP) is 0.910. The molecule has 1 aliphatic heterocycles. The molecule has 0 atom stereocenters. The molecule has 1 heterocycles. The summed E-state index contributed by atoms with van der Waals surface area (Å²) in [4.78, 5) is 0. The van der Waals surface area contributed by atoms with Gasteiger partial charge in [0.05, 0.1) is 6.61 Å². The summed E-state index contributed by atoms with van der Waals surface area (Å²) in [7, 11) is 0. The Labute approximate surface area is 82.0 Å². The Kier molecular flexibility index (Phi) is 2.26. The molecule has 14 heavy (non-hydrogen) atoms. The second-order valence-electron chi connectivity index (χ2n) is 3.31. The van der Waals surface area contributed by atoms with Crippen molar-refractivity contribution in [2.45, 2.75) is 12.8 Å². The molecule has 0 aliphatic carbocycles. The summed E-state index contributed by atoms with van der Waals surface area (Å²) in [5.41, 5.74) is 7.67. The quantitative estimate of drug-likeness (QED) is 0.317. The highest BCUT2D eigenvalue weighted by atomic mass is 16.5. The molecule has 3 N–H and O–H groups in total. The molecule has 0 saturated heterocycles. The molecule has 1 aromatic rings. The first-order valence-electron chi connectivity index (χ1n) is 4.50. The molecule has 0 saturated carbocycles. The van der Waals surface area contributed by atoms with Gasteiger partial charge in [-0.1, -0.05) is 17.3 Å². The number of rotatable bonds is 2. The lowest BCUT2D eigenvalue weighted by atomic mass is 10.1. The number of oxime groups is 1.